The monoisotopic (exact) mass is 346 g/mol. The summed E-state index contributed by atoms with van der Waals surface area (Å²) >= 11 is 5.79. The van der Waals surface area contributed by atoms with Crippen LogP contribution >= 0.6 is 11.6 Å². The number of benzene rings is 1. The average molecular weight is 347 g/mol. The molecule has 0 aromatic heterocycles. The van der Waals surface area contributed by atoms with Gasteiger partial charge in [0, 0.05) is 25.2 Å². The molecule has 22 heavy (non-hydrogen) atoms. The Hall–Kier alpha value is -1.15. The third-order valence-electron chi connectivity index (χ3n) is 3.77. The van der Waals surface area contributed by atoms with E-state index in [4.69, 9.17) is 16.4 Å². The molecule has 1 unspecified atom stereocenters. The summed E-state index contributed by atoms with van der Waals surface area (Å²) in [6.07, 6.45) is 1.29. The lowest BCUT2D eigenvalue weighted by atomic mass is 9.99. The molecule has 1 aromatic carbocycles. The molecular formula is C14H19ClN2O4S. The number of carbonyl (C=O) groups is 1. The van der Waals surface area contributed by atoms with Gasteiger partial charge in [-0.1, -0.05) is 11.6 Å². The lowest BCUT2D eigenvalue weighted by molar-refractivity contribution is -0.174. The standard InChI is InChI=1S/C14H19ClN2O4S/c1-16(21-2)14(18)11-4-3-9-17(10-11)22(19,20)13-7-5-12(15)6-8-13/h5-8,11H,3-4,9-10H2,1-2H3. The van der Waals surface area contributed by atoms with Crippen LogP contribution in [0.5, 0.6) is 0 Å². The third kappa shape index (κ3) is 3.60. The summed E-state index contributed by atoms with van der Waals surface area (Å²) in [7, 11) is -0.686. The van der Waals surface area contributed by atoms with Crippen molar-refractivity contribution in [2.24, 2.45) is 5.92 Å². The van der Waals surface area contributed by atoms with Crippen LogP contribution in [0.1, 0.15) is 12.8 Å². The Morgan fingerprint density at radius 1 is 1.36 bits per heavy atom. The number of rotatable bonds is 4. The van der Waals surface area contributed by atoms with E-state index in [1.807, 2.05) is 0 Å². The van der Waals surface area contributed by atoms with Gasteiger partial charge in [-0.05, 0) is 37.1 Å². The zero-order valence-corrected chi connectivity index (χ0v) is 14.1. The van der Waals surface area contributed by atoms with E-state index >= 15 is 0 Å². The largest absolute Gasteiger partial charge is 0.275 e. The Kier molecular flexibility index (Phi) is 5.44. The molecule has 1 aromatic rings. The van der Waals surface area contributed by atoms with E-state index in [0.717, 1.165) is 5.06 Å². The van der Waals surface area contributed by atoms with Gasteiger partial charge in [0.2, 0.25) is 15.9 Å². The lowest BCUT2D eigenvalue weighted by Crippen LogP contribution is -2.45. The van der Waals surface area contributed by atoms with Gasteiger partial charge < -0.3 is 0 Å². The molecule has 2 rings (SSSR count). The minimum atomic E-state index is -3.61. The predicted octanol–water partition coefficient (Wildman–Crippen LogP) is 1.76. The number of hydrogen-bond acceptors (Lipinski definition) is 4. The smallest absolute Gasteiger partial charge is 0.250 e. The van der Waals surface area contributed by atoms with E-state index in [-0.39, 0.29) is 23.3 Å². The SMILES string of the molecule is CON(C)C(=O)C1CCCN(S(=O)(=O)c2ccc(Cl)cc2)C1. The summed E-state index contributed by atoms with van der Waals surface area (Å²) < 4.78 is 26.6. The zero-order chi connectivity index (χ0) is 16.3. The summed E-state index contributed by atoms with van der Waals surface area (Å²) in [6, 6.07) is 6.04. The van der Waals surface area contributed by atoms with E-state index in [0.29, 0.717) is 24.4 Å². The fourth-order valence-electron chi connectivity index (χ4n) is 2.47. The highest BCUT2D eigenvalue weighted by molar-refractivity contribution is 7.89. The second kappa shape index (κ2) is 6.95. The highest BCUT2D eigenvalue weighted by Crippen LogP contribution is 2.25. The number of piperidine rings is 1. The second-order valence-electron chi connectivity index (χ2n) is 5.17. The Bertz CT molecular complexity index is 633. The molecule has 0 spiro atoms. The first-order valence-corrected chi connectivity index (χ1v) is 8.75. The fraction of sp³-hybridized carbons (Fsp3) is 0.500. The molecule has 1 amide bonds. The van der Waals surface area contributed by atoms with Gasteiger partial charge in [0.1, 0.15) is 0 Å². The number of sulfonamides is 1. The highest BCUT2D eigenvalue weighted by atomic mass is 35.5. The normalized spacial score (nSPS) is 19.9. The van der Waals surface area contributed by atoms with Gasteiger partial charge in [-0.15, -0.1) is 0 Å². The summed E-state index contributed by atoms with van der Waals surface area (Å²) in [5, 5.41) is 1.62. The molecule has 0 saturated carbocycles. The Morgan fingerprint density at radius 3 is 2.59 bits per heavy atom. The first-order chi connectivity index (χ1) is 10.4. The molecule has 8 heteroatoms. The van der Waals surface area contributed by atoms with Crippen molar-refractivity contribution in [1.82, 2.24) is 9.37 Å². The molecule has 0 aliphatic carbocycles. The van der Waals surface area contributed by atoms with E-state index < -0.39 is 10.0 Å². The molecule has 1 saturated heterocycles. The molecule has 6 nitrogen and oxygen atoms in total. The number of amides is 1. The average Bonchev–Trinajstić information content (AvgIpc) is 2.54. The summed E-state index contributed by atoms with van der Waals surface area (Å²) in [5.41, 5.74) is 0. The highest BCUT2D eigenvalue weighted by Gasteiger charge is 2.34. The first kappa shape index (κ1) is 17.2. The van der Waals surface area contributed by atoms with Crippen LogP contribution in [0.2, 0.25) is 5.02 Å². The van der Waals surface area contributed by atoms with Gasteiger partial charge in [-0.25, -0.2) is 13.5 Å². The number of carbonyl (C=O) groups excluding carboxylic acids is 1. The van der Waals surface area contributed by atoms with E-state index in [1.54, 1.807) is 12.1 Å². The summed E-state index contributed by atoms with van der Waals surface area (Å²) in [4.78, 5) is 17.2. The van der Waals surface area contributed by atoms with Crippen LogP contribution < -0.4 is 0 Å². The minimum absolute atomic E-state index is 0.164. The van der Waals surface area contributed by atoms with E-state index in [1.165, 1.54) is 30.6 Å². The van der Waals surface area contributed by atoms with Crippen LogP contribution in [0.15, 0.2) is 29.2 Å². The molecule has 0 radical (unpaired) electrons. The van der Waals surface area contributed by atoms with E-state index in [2.05, 4.69) is 0 Å². The van der Waals surface area contributed by atoms with Gasteiger partial charge in [0.25, 0.3) is 0 Å². The van der Waals surface area contributed by atoms with Gasteiger partial charge in [0.15, 0.2) is 0 Å². The predicted molar refractivity (Wildman–Crippen MR) is 82.7 cm³/mol. The van der Waals surface area contributed by atoms with Gasteiger partial charge in [-0.2, -0.15) is 4.31 Å². The number of hydroxylamine groups is 2. The minimum Gasteiger partial charge on any atom is -0.275 e. The molecule has 1 aliphatic rings. The van der Waals surface area contributed by atoms with Gasteiger partial charge in [-0.3, -0.25) is 9.63 Å². The fourth-order valence-corrected chi connectivity index (χ4v) is 4.11. The van der Waals surface area contributed by atoms with Crippen molar-refractivity contribution < 1.29 is 18.0 Å². The first-order valence-electron chi connectivity index (χ1n) is 6.93. The van der Waals surface area contributed by atoms with Crippen LogP contribution in [-0.4, -0.2) is 50.9 Å². The molecule has 1 atom stereocenters. The molecule has 122 valence electrons. The number of hydrogen-bond donors (Lipinski definition) is 0. The van der Waals surface area contributed by atoms with Crippen molar-refractivity contribution in [3.8, 4) is 0 Å². The molecule has 0 N–H and O–H groups in total. The van der Waals surface area contributed by atoms with E-state index in [9.17, 15) is 13.2 Å². The third-order valence-corrected chi connectivity index (χ3v) is 5.90. The molecule has 0 bridgehead atoms. The van der Waals surface area contributed by atoms with Gasteiger partial charge in [0.05, 0.1) is 17.9 Å². The lowest BCUT2D eigenvalue weighted by Gasteiger charge is -2.32. The topological polar surface area (TPSA) is 66.9 Å². The quantitative estimate of drug-likeness (QED) is 0.779. The molecular weight excluding hydrogens is 328 g/mol. The van der Waals surface area contributed by atoms with Crippen molar-refractivity contribution in [2.45, 2.75) is 17.7 Å². The van der Waals surface area contributed by atoms with Crippen molar-refractivity contribution in [3.63, 3.8) is 0 Å². The van der Waals surface area contributed by atoms with Crippen molar-refractivity contribution in [2.75, 3.05) is 27.2 Å². The van der Waals surface area contributed by atoms with Crippen molar-refractivity contribution in [1.29, 1.82) is 0 Å². The number of nitrogens with zero attached hydrogens (tertiary/aromatic N) is 2. The van der Waals surface area contributed by atoms with Crippen molar-refractivity contribution >= 4 is 27.5 Å². The molecule has 1 fully saturated rings. The molecule has 1 heterocycles. The van der Waals surface area contributed by atoms with Crippen LogP contribution in [0.3, 0.4) is 0 Å². The maximum atomic E-state index is 12.6. The van der Waals surface area contributed by atoms with Gasteiger partial charge >= 0.3 is 0 Å². The number of halogens is 1. The maximum Gasteiger partial charge on any atom is 0.250 e. The summed E-state index contributed by atoms with van der Waals surface area (Å²) in [6.45, 7) is 0.572. The van der Waals surface area contributed by atoms with Crippen LogP contribution in [0.4, 0.5) is 0 Å². The Labute approximate surface area is 135 Å². The van der Waals surface area contributed by atoms with Crippen LogP contribution in [0.25, 0.3) is 0 Å². The molecule has 1 aliphatic heterocycles. The van der Waals surface area contributed by atoms with Crippen LogP contribution in [-0.2, 0) is 19.7 Å². The maximum absolute atomic E-state index is 12.6. The van der Waals surface area contributed by atoms with Crippen molar-refractivity contribution in [3.05, 3.63) is 29.3 Å². The summed E-state index contributed by atoms with van der Waals surface area (Å²) in [5.74, 6) is -0.598. The van der Waals surface area contributed by atoms with Crippen LogP contribution in [0, 0.1) is 5.92 Å². The Morgan fingerprint density at radius 2 is 2.00 bits per heavy atom. The second-order valence-corrected chi connectivity index (χ2v) is 7.55. The Balaban J connectivity index is 2.18. The zero-order valence-electron chi connectivity index (χ0n) is 12.5.